The van der Waals surface area contributed by atoms with Gasteiger partial charge in [0.2, 0.25) is 0 Å². The number of benzene rings is 12. The number of fused-ring (bicyclic) bond motifs is 10. The standard InChI is InChI=1S/C38H27N3.C21H15N.C18H14BrN/c1-4-12-28(13-5-1)39-27-26-35-36(39)25-24-34-33-18-10-11-19-37(33)41(38(34)35)32-22-20-31(21-23-32)40(29-14-6-2-7-15-29)30-16-8-3-9-17-30;1-2-7-16(8-3-1)22-13-12-19-20-14-15-6-4-5-9-17(15)18(20)10-11-21(19)22;19-15-11-13-18(14-12-15)20(16-7-3-1-4-8-16)17-9-5-2-6-10-17/h1-27H;1-13H,14H2;1-14H. The van der Waals surface area contributed by atoms with Crippen molar-refractivity contribution in [2.45, 2.75) is 6.42 Å². The van der Waals surface area contributed by atoms with E-state index in [9.17, 15) is 0 Å². The number of nitrogens with zero attached hydrogens (tertiary/aromatic N) is 5. The number of hydrogen-bond donors (Lipinski definition) is 0. The van der Waals surface area contributed by atoms with Gasteiger partial charge >= 0.3 is 0 Å². The Labute approximate surface area is 492 Å². The van der Waals surface area contributed by atoms with Crippen LogP contribution in [-0.4, -0.2) is 13.7 Å². The molecule has 1 aliphatic rings. The summed E-state index contributed by atoms with van der Waals surface area (Å²) in [6.45, 7) is 0. The average molecular weight is 1130 g/mol. The van der Waals surface area contributed by atoms with E-state index in [1.807, 2.05) is 12.1 Å². The lowest BCUT2D eigenvalue weighted by molar-refractivity contribution is 1.13. The normalized spacial score (nSPS) is 11.4. The van der Waals surface area contributed by atoms with Gasteiger partial charge in [0, 0.05) is 89.6 Å². The summed E-state index contributed by atoms with van der Waals surface area (Å²) in [5.74, 6) is 0. The van der Waals surface area contributed by atoms with Crippen molar-refractivity contribution in [3.63, 3.8) is 0 Å². The summed E-state index contributed by atoms with van der Waals surface area (Å²) in [6.07, 6.45) is 5.41. The van der Waals surface area contributed by atoms with E-state index in [0.29, 0.717) is 0 Å². The highest BCUT2D eigenvalue weighted by Crippen LogP contribution is 2.43. The van der Waals surface area contributed by atoms with Gasteiger partial charge in [0.25, 0.3) is 0 Å². The van der Waals surface area contributed by atoms with E-state index >= 15 is 0 Å². The topological polar surface area (TPSA) is 21.3 Å². The molecule has 0 fully saturated rings. The number of anilines is 6. The summed E-state index contributed by atoms with van der Waals surface area (Å²) >= 11 is 3.49. The minimum atomic E-state index is 1.04. The molecule has 83 heavy (non-hydrogen) atoms. The molecule has 0 bridgehead atoms. The Morgan fingerprint density at radius 2 is 0.699 bits per heavy atom. The lowest BCUT2D eigenvalue weighted by Crippen LogP contribution is -2.09. The Morgan fingerprint density at radius 1 is 0.277 bits per heavy atom. The largest absolute Gasteiger partial charge is 0.317 e. The van der Waals surface area contributed by atoms with E-state index in [-0.39, 0.29) is 0 Å². The number of aromatic nitrogens is 3. The molecule has 1 aliphatic carbocycles. The first-order valence-electron chi connectivity index (χ1n) is 28.1. The molecule has 0 amide bonds. The minimum Gasteiger partial charge on any atom is -0.317 e. The molecule has 12 aromatic carbocycles. The van der Waals surface area contributed by atoms with E-state index < -0.39 is 0 Å². The summed E-state index contributed by atoms with van der Waals surface area (Å²) in [4.78, 5) is 4.54. The summed E-state index contributed by atoms with van der Waals surface area (Å²) in [6, 6.07) is 111. The van der Waals surface area contributed by atoms with Gasteiger partial charge < -0.3 is 23.5 Å². The van der Waals surface area contributed by atoms with Gasteiger partial charge in [0.1, 0.15) is 0 Å². The van der Waals surface area contributed by atoms with Crippen LogP contribution in [0.4, 0.5) is 34.1 Å². The smallest absolute Gasteiger partial charge is 0.0635 e. The van der Waals surface area contributed by atoms with Crippen LogP contribution < -0.4 is 9.80 Å². The quantitative estimate of drug-likeness (QED) is 0.144. The number of hydrogen-bond acceptors (Lipinski definition) is 2. The van der Waals surface area contributed by atoms with E-state index in [0.717, 1.165) is 56.4 Å². The van der Waals surface area contributed by atoms with Gasteiger partial charge in [-0.25, -0.2) is 0 Å². The van der Waals surface area contributed by atoms with Crippen LogP contribution in [0.25, 0.3) is 71.8 Å². The van der Waals surface area contributed by atoms with Crippen LogP contribution in [0.2, 0.25) is 0 Å². The lowest BCUT2D eigenvalue weighted by atomic mass is 10.0. The first-order valence-corrected chi connectivity index (χ1v) is 28.9. The van der Waals surface area contributed by atoms with Gasteiger partial charge in [-0.05, 0) is 180 Å². The SMILES string of the molecule is Brc1ccc(N(c2ccccc2)c2ccccc2)cc1.c1ccc(-n2ccc3c4c(ccc32)-c2ccccc2C4)cc1.c1ccc(N(c2ccccc2)c2ccc(-n3c4ccccc4c4ccc5c(ccn5-c5ccccc5)c43)cc2)cc1. The summed E-state index contributed by atoms with van der Waals surface area (Å²) in [7, 11) is 0. The van der Waals surface area contributed by atoms with Crippen LogP contribution in [0.15, 0.2) is 332 Å². The maximum Gasteiger partial charge on any atom is 0.0635 e. The molecule has 16 rings (SSSR count). The predicted molar refractivity (Wildman–Crippen MR) is 353 cm³/mol. The highest BCUT2D eigenvalue weighted by atomic mass is 79.9. The van der Waals surface area contributed by atoms with Crippen molar-refractivity contribution < 1.29 is 0 Å². The molecule has 3 aromatic heterocycles. The molecular formula is C77H56BrN5. The third kappa shape index (κ3) is 9.86. The first kappa shape index (κ1) is 50.8. The molecule has 5 nitrogen and oxygen atoms in total. The summed E-state index contributed by atoms with van der Waals surface area (Å²) in [5, 5.41) is 5.13. The number of para-hydroxylation sites is 7. The zero-order chi connectivity index (χ0) is 55.5. The molecule has 3 heterocycles. The minimum absolute atomic E-state index is 1.04. The van der Waals surface area contributed by atoms with Crippen molar-refractivity contribution in [3.05, 3.63) is 343 Å². The monoisotopic (exact) mass is 1130 g/mol. The van der Waals surface area contributed by atoms with Gasteiger partial charge in [-0.15, -0.1) is 0 Å². The van der Waals surface area contributed by atoms with Crippen LogP contribution in [0.1, 0.15) is 11.1 Å². The molecule has 0 spiro atoms. The summed E-state index contributed by atoms with van der Waals surface area (Å²) < 4.78 is 8.06. The highest BCUT2D eigenvalue weighted by Gasteiger charge is 2.22. The molecule has 6 heteroatoms. The fourth-order valence-electron chi connectivity index (χ4n) is 12.0. The Bertz CT molecular complexity index is 4590. The number of rotatable bonds is 9. The molecule has 0 saturated heterocycles. The van der Waals surface area contributed by atoms with Crippen LogP contribution in [0, 0.1) is 0 Å². The molecule has 0 radical (unpaired) electrons. The Hall–Kier alpha value is -10.4. The Kier molecular flexibility index (Phi) is 13.8. The summed E-state index contributed by atoms with van der Waals surface area (Å²) in [5.41, 5.74) is 21.0. The Balaban J connectivity index is 0.000000123. The van der Waals surface area contributed by atoms with Crippen LogP contribution in [-0.2, 0) is 6.42 Å². The van der Waals surface area contributed by atoms with Crippen molar-refractivity contribution in [1.29, 1.82) is 0 Å². The number of halogens is 1. The van der Waals surface area contributed by atoms with Gasteiger partial charge in [-0.1, -0.05) is 180 Å². The van der Waals surface area contributed by atoms with E-state index in [1.54, 1.807) is 0 Å². The fourth-order valence-corrected chi connectivity index (χ4v) is 12.2. The van der Waals surface area contributed by atoms with Crippen molar-refractivity contribution in [3.8, 4) is 28.2 Å². The second-order valence-electron chi connectivity index (χ2n) is 20.7. The molecular weight excluding hydrogens is 1070 g/mol. The fraction of sp³-hybridized carbons (Fsp3) is 0.0130. The predicted octanol–water partition coefficient (Wildman–Crippen LogP) is 21.3. The highest BCUT2D eigenvalue weighted by molar-refractivity contribution is 9.10. The molecule has 0 aliphatic heterocycles. The second kappa shape index (κ2) is 22.6. The van der Waals surface area contributed by atoms with Crippen LogP contribution >= 0.6 is 15.9 Å². The lowest BCUT2D eigenvalue weighted by Gasteiger charge is -2.25. The van der Waals surface area contributed by atoms with Gasteiger partial charge in [0.15, 0.2) is 0 Å². The van der Waals surface area contributed by atoms with E-state index in [4.69, 9.17) is 0 Å². The average Bonchev–Trinajstić information content (AvgIpc) is 2.59. The van der Waals surface area contributed by atoms with Crippen molar-refractivity contribution in [2.24, 2.45) is 0 Å². The second-order valence-corrected chi connectivity index (χ2v) is 21.6. The van der Waals surface area contributed by atoms with Gasteiger partial charge in [-0.2, -0.15) is 0 Å². The molecule has 0 atom stereocenters. The molecule has 0 unspecified atom stereocenters. The van der Waals surface area contributed by atoms with E-state index in [1.165, 1.54) is 71.6 Å². The van der Waals surface area contributed by atoms with Crippen molar-refractivity contribution in [2.75, 3.05) is 9.80 Å². The van der Waals surface area contributed by atoms with E-state index in [2.05, 4.69) is 355 Å². The molecule has 0 N–H and O–H groups in total. The molecule has 15 aromatic rings. The molecule has 396 valence electrons. The maximum absolute atomic E-state index is 3.49. The van der Waals surface area contributed by atoms with Gasteiger partial charge in [-0.3, -0.25) is 0 Å². The van der Waals surface area contributed by atoms with Crippen LogP contribution in [0.3, 0.4) is 0 Å². The zero-order valence-corrected chi connectivity index (χ0v) is 47.1. The third-order valence-corrected chi connectivity index (χ3v) is 16.3. The zero-order valence-electron chi connectivity index (χ0n) is 45.5. The Morgan fingerprint density at radius 3 is 1.24 bits per heavy atom. The maximum atomic E-state index is 3.49. The van der Waals surface area contributed by atoms with Crippen LogP contribution in [0.5, 0.6) is 0 Å². The van der Waals surface area contributed by atoms with Crippen molar-refractivity contribution in [1.82, 2.24) is 13.7 Å². The van der Waals surface area contributed by atoms with Crippen molar-refractivity contribution >= 4 is 93.7 Å². The molecule has 0 saturated carbocycles. The first-order chi connectivity index (χ1) is 41.1. The third-order valence-electron chi connectivity index (χ3n) is 15.7. The van der Waals surface area contributed by atoms with Gasteiger partial charge in [0.05, 0.1) is 22.1 Å².